The molecule has 56 heavy (non-hydrogen) atoms. The van der Waals surface area contributed by atoms with Gasteiger partial charge in [-0.3, -0.25) is 0 Å². The topological polar surface area (TPSA) is 30.7 Å². The van der Waals surface area contributed by atoms with Crippen LogP contribution in [0.2, 0.25) is 0 Å². The summed E-state index contributed by atoms with van der Waals surface area (Å²) in [6.07, 6.45) is 0. The fourth-order valence-electron chi connectivity index (χ4n) is 9.17. The standard InChI is InChI=1S/C53H37N3/c1-53(2)45-25-13-11-22-40(45)41-29-28-35(32-46(41)53)37-30-31-42(39-21-10-9-20-38(37)39)47-33-48(55-52(54-47)34-16-5-3-6-17-34)43-24-15-27-50-51(43)44-23-12-14-26-49(44)56(50)36-18-7-4-8-19-36/h3-33H,1-2H3. The molecule has 1 aliphatic carbocycles. The zero-order valence-electron chi connectivity index (χ0n) is 31.2. The van der Waals surface area contributed by atoms with Crippen molar-refractivity contribution in [1.29, 1.82) is 0 Å². The van der Waals surface area contributed by atoms with Gasteiger partial charge in [0.25, 0.3) is 0 Å². The zero-order chi connectivity index (χ0) is 37.4. The molecule has 0 spiro atoms. The molecule has 0 unspecified atom stereocenters. The van der Waals surface area contributed by atoms with Crippen LogP contribution in [0.4, 0.5) is 0 Å². The number of fused-ring (bicyclic) bond motifs is 7. The van der Waals surface area contributed by atoms with Gasteiger partial charge in [-0.25, -0.2) is 9.97 Å². The van der Waals surface area contributed by atoms with Crippen LogP contribution in [0, 0.1) is 0 Å². The Balaban J connectivity index is 1.12. The number of aromatic nitrogens is 3. The van der Waals surface area contributed by atoms with Crippen LogP contribution in [0.25, 0.3) is 94.4 Å². The minimum atomic E-state index is -0.0703. The first-order chi connectivity index (χ1) is 27.5. The van der Waals surface area contributed by atoms with Crippen LogP contribution in [0.1, 0.15) is 25.0 Å². The van der Waals surface area contributed by atoms with E-state index in [-0.39, 0.29) is 5.41 Å². The molecule has 10 aromatic rings. The molecule has 0 aliphatic heterocycles. The molecule has 3 nitrogen and oxygen atoms in total. The minimum Gasteiger partial charge on any atom is -0.309 e. The van der Waals surface area contributed by atoms with E-state index in [9.17, 15) is 0 Å². The lowest BCUT2D eigenvalue weighted by atomic mass is 9.81. The van der Waals surface area contributed by atoms with Crippen molar-refractivity contribution < 1.29 is 0 Å². The van der Waals surface area contributed by atoms with E-state index >= 15 is 0 Å². The SMILES string of the molecule is CC1(C)c2ccccc2-c2ccc(-c3ccc(-c4cc(-c5cccc6c5c5ccccc5n6-c5ccccc5)nc(-c5ccccc5)n4)c4ccccc34)cc21. The van der Waals surface area contributed by atoms with Crippen LogP contribution in [0.5, 0.6) is 0 Å². The van der Waals surface area contributed by atoms with Crippen molar-refractivity contribution in [1.82, 2.24) is 14.5 Å². The normalized spacial score (nSPS) is 13.0. The van der Waals surface area contributed by atoms with Gasteiger partial charge in [-0.2, -0.15) is 0 Å². The van der Waals surface area contributed by atoms with Crippen molar-refractivity contribution in [3.63, 3.8) is 0 Å². The number of rotatable bonds is 5. The third-order valence-electron chi connectivity index (χ3n) is 11.8. The van der Waals surface area contributed by atoms with Gasteiger partial charge >= 0.3 is 0 Å². The lowest BCUT2D eigenvalue weighted by Gasteiger charge is -2.22. The summed E-state index contributed by atoms with van der Waals surface area (Å²) in [6.45, 7) is 4.69. The third-order valence-corrected chi connectivity index (χ3v) is 11.8. The molecule has 1 aliphatic rings. The van der Waals surface area contributed by atoms with Gasteiger partial charge in [-0.05, 0) is 80.6 Å². The van der Waals surface area contributed by atoms with Gasteiger partial charge in [0.05, 0.1) is 22.4 Å². The minimum absolute atomic E-state index is 0.0703. The fourth-order valence-corrected chi connectivity index (χ4v) is 9.17. The highest BCUT2D eigenvalue weighted by molar-refractivity contribution is 6.16. The van der Waals surface area contributed by atoms with E-state index in [2.05, 4.69) is 200 Å². The summed E-state index contributed by atoms with van der Waals surface area (Å²) < 4.78 is 2.36. The molecule has 0 saturated heterocycles. The van der Waals surface area contributed by atoms with Gasteiger partial charge in [-0.1, -0.05) is 166 Å². The van der Waals surface area contributed by atoms with Gasteiger partial charge in [0.1, 0.15) is 0 Å². The molecule has 0 atom stereocenters. The van der Waals surface area contributed by atoms with Crippen LogP contribution < -0.4 is 0 Å². The monoisotopic (exact) mass is 715 g/mol. The second kappa shape index (κ2) is 12.5. The quantitative estimate of drug-likeness (QED) is 0.178. The Bertz CT molecular complexity index is 3150. The molecule has 0 saturated carbocycles. The molecule has 264 valence electrons. The number of benzene rings is 8. The predicted molar refractivity (Wildman–Crippen MR) is 233 cm³/mol. The molecule has 0 N–H and O–H groups in total. The average Bonchev–Trinajstić information content (AvgIpc) is 3.72. The van der Waals surface area contributed by atoms with Crippen molar-refractivity contribution in [3.05, 3.63) is 199 Å². The van der Waals surface area contributed by atoms with Crippen LogP contribution in [-0.2, 0) is 5.41 Å². The predicted octanol–water partition coefficient (Wildman–Crippen LogP) is 13.7. The maximum Gasteiger partial charge on any atom is 0.160 e. The molecular formula is C53H37N3. The van der Waals surface area contributed by atoms with Gasteiger partial charge in [0.2, 0.25) is 0 Å². The van der Waals surface area contributed by atoms with Gasteiger partial charge in [0, 0.05) is 38.6 Å². The summed E-state index contributed by atoms with van der Waals surface area (Å²) in [4.78, 5) is 10.6. The highest BCUT2D eigenvalue weighted by atomic mass is 15.0. The van der Waals surface area contributed by atoms with Crippen LogP contribution >= 0.6 is 0 Å². The molecule has 11 rings (SSSR count). The molecule has 0 amide bonds. The highest BCUT2D eigenvalue weighted by Crippen LogP contribution is 2.50. The second-order valence-corrected chi connectivity index (χ2v) is 15.4. The van der Waals surface area contributed by atoms with Crippen molar-refractivity contribution in [3.8, 4) is 61.8 Å². The largest absolute Gasteiger partial charge is 0.309 e. The van der Waals surface area contributed by atoms with Crippen LogP contribution in [-0.4, -0.2) is 14.5 Å². The van der Waals surface area contributed by atoms with Gasteiger partial charge in [-0.15, -0.1) is 0 Å². The Labute approximate surface area is 326 Å². The van der Waals surface area contributed by atoms with E-state index in [4.69, 9.17) is 9.97 Å². The lowest BCUT2D eigenvalue weighted by Crippen LogP contribution is -2.14. The molecule has 2 heterocycles. The Morgan fingerprint density at radius 2 is 0.964 bits per heavy atom. The van der Waals surface area contributed by atoms with E-state index in [1.165, 1.54) is 55.1 Å². The van der Waals surface area contributed by atoms with E-state index < -0.39 is 0 Å². The second-order valence-electron chi connectivity index (χ2n) is 15.4. The van der Waals surface area contributed by atoms with Crippen molar-refractivity contribution >= 4 is 32.6 Å². The number of hydrogen-bond acceptors (Lipinski definition) is 2. The summed E-state index contributed by atoms with van der Waals surface area (Å²) in [7, 11) is 0. The first-order valence-corrected chi connectivity index (χ1v) is 19.3. The average molecular weight is 716 g/mol. The Morgan fingerprint density at radius 1 is 0.393 bits per heavy atom. The highest BCUT2D eigenvalue weighted by Gasteiger charge is 2.35. The number of para-hydroxylation sites is 2. The molecule has 0 fully saturated rings. The Morgan fingerprint density at radius 3 is 1.77 bits per heavy atom. The number of nitrogens with zero attached hydrogens (tertiary/aromatic N) is 3. The van der Waals surface area contributed by atoms with Crippen molar-refractivity contribution in [2.24, 2.45) is 0 Å². The lowest BCUT2D eigenvalue weighted by molar-refractivity contribution is 0.660. The first kappa shape index (κ1) is 32.3. The summed E-state index contributed by atoms with van der Waals surface area (Å²) in [6, 6.07) is 67.6. The summed E-state index contributed by atoms with van der Waals surface area (Å²) in [5.41, 5.74) is 16.2. The van der Waals surface area contributed by atoms with Crippen LogP contribution in [0.3, 0.4) is 0 Å². The molecule has 0 bridgehead atoms. The number of hydrogen-bond donors (Lipinski definition) is 0. The first-order valence-electron chi connectivity index (χ1n) is 19.3. The molecule has 0 radical (unpaired) electrons. The molecule has 8 aromatic carbocycles. The maximum atomic E-state index is 5.33. The van der Waals surface area contributed by atoms with Gasteiger partial charge in [0.15, 0.2) is 5.82 Å². The zero-order valence-corrected chi connectivity index (χ0v) is 31.2. The summed E-state index contributed by atoms with van der Waals surface area (Å²) in [5, 5.41) is 4.74. The van der Waals surface area contributed by atoms with Crippen LogP contribution in [0.15, 0.2) is 188 Å². The van der Waals surface area contributed by atoms with Gasteiger partial charge < -0.3 is 4.57 Å². The van der Waals surface area contributed by atoms with E-state index in [1.807, 2.05) is 6.07 Å². The summed E-state index contributed by atoms with van der Waals surface area (Å²) in [5.74, 6) is 0.704. The smallest absolute Gasteiger partial charge is 0.160 e. The maximum absolute atomic E-state index is 5.33. The Kier molecular flexibility index (Phi) is 7.20. The van der Waals surface area contributed by atoms with E-state index in [0.717, 1.165) is 44.7 Å². The Hall–Kier alpha value is -7.10. The molecular weight excluding hydrogens is 679 g/mol. The van der Waals surface area contributed by atoms with Crippen molar-refractivity contribution in [2.75, 3.05) is 0 Å². The molecule has 3 heteroatoms. The third kappa shape index (κ3) is 4.91. The fraction of sp³-hybridized carbons (Fsp3) is 0.0566. The van der Waals surface area contributed by atoms with E-state index in [1.54, 1.807) is 0 Å². The van der Waals surface area contributed by atoms with Crippen molar-refractivity contribution in [2.45, 2.75) is 19.3 Å². The van der Waals surface area contributed by atoms with E-state index in [0.29, 0.717) is 5.82 Å². The molecule has 2 aromatic heterocycles. The summed E-state index contributed by atoms with van der Waals surface area (Å²) >= 11 is 0.